The summed E-state index contributed by atoms with van der Waals surface area (Å²) in [6.07, 6.45) is 2.93. The minimum absolute atomic E-state index is 0.179. The summed E-state index contributed by atoms with van der Waals surface area (Å²) >= 11 is 0. The Morgan fingerprint density at radius 1 is 1.20 bits per heavy atom. The molecule has 4 rings (SSSR count). The summed E-state index contributed by atoms with van der Waals surface area (Å²) in [4.78, 5) is 2.42. The summed E-state index contributed by atoms with van der Waals surface area (Å²) in [7, 11) is 0. The Morgan fingerprint density at radius 3 is 2.67 bits per heavy atom. The number of piperidine rings is 1. The second kappa shape index (κ2) is 10.9. The number of ether oxygens (including phenoxy) is 1. The third kappa shape index (κ3) is 5.70. The van der Waals surface area contributed by atoms with Gasteiger partial charge in [0.2, 0.25) is 0 Å². The largest absolute Gasteiger partial charge is 0.504 e. The number of benzene rings is 2. The number of aromatic hydroxyl groups is 1. The molecule has 2 aromatic carbocycles. The van der Waals surface area contributed by atoms with Crippen molar-refractivity contribution in [1.82, 2.24) is 10.1 Å². The van der Waals surface area contributed by atoms with E-state index in [1.165, 1.54) is 12.1 Å². The van der Waals surface area contributed by atoms with E-state index < -0.39 is 0 Å². The van der Waals surface area contributed by atoms with Crippen molar-refractivity contribution in [3.05, 3.63) is 54.0 Å². The first-order valence-corrected chi connectivity index (χ1v) is 10.4. The van der Waals surface area contributed by atoms with Crippen LogP contribution in [0.1, 0.15) is 37.8 Å². The van der Waals surface area contributed by atoms with Gasteiger partial charge in [-0.05, 0) is 63.5 Å². The second-order valence-electron chi connectivity index (χ2n) is 7.31. The van der Waals surface area contributed by atoms with E-state index in [0.717, 1.165) is 50.0 Å². The molecule has 0 spiro atoms. The molecule has 0 bridgehead atoms. The molecule has 2 heterocycles. The quantitative estimate of drug-likeness (QED) is 0.583. The molecule has 1 saturated heterocycles. The minimum Gasteiger partial charge on any atom is -0.504 e. The van der Waals surface area contributed by atoms with E-state index in [1.54, 1.807) is 31.2 Å². The molecule has 1 aliphatic heterocycles. The van der Waals surface area contributed by atoms with E-state index in [2.05, 4.69) is 10.1 Å². The number of rotatable bonds is 6. The van der Waals surface area contributed by atoms with E-state index in [4.69, 9.17) is 14.4 Å². The Bertz CT molecular complexity index is 922. The van der Waals surface area contributed by atoms with Crippen molar-refractivity contribution < 1.29 is 23.9 Å². The number of nitrogens with zero attached hydrogens (tertiary/aromatic N) is 2. The number of para-hydroxylation sites is 2. The second-order valence-corrected chi connectivity index (χ2v) is 7.31. The van der Waals surface area contributed by atoms with Gasteiger partial charge in [-0.2, -0.15) is 0 Å². The van der Waals surface area contributed by atoms with Gasteiger partial charge in [0.15, 0.2) is 17.1 Å². The molecule has 162 valence electrons. The Kier molecular flexibility index (Phi) is 8.04. The zero-order valence-corrected chi connectivity index (χ0v) is 17.3. The lowest BCUT2D eigenvalue weighted by molar-refractivity contribution is 0.189. The number of hydrogen-bond donors (Lipinski definition) is 2. The van der Waals surface area contributed by atoms with E-state index >= 15 is 0 Å². The average molecular weight is 416 g/mol. The minimum atomic E-state index is -0.300. The lowest BCUT2D eigenvalue weighted by Gasteiger charge is -2.31. The molecule has 30 heavy (non-hydrogen) atoms. The maximum atomic E-state index is 13.3. The average Bonchev–Trinajstić information content (AvgIpc) is 3.16. The summed E-state index contributed by atoms with van der Waals surface area (Å²) < 4.78 is 24.2. The lowest BCUT2D eigenvalue weighted by Crippen LogP contribution is -2.34. The highest BCUT2D eigenvalue weighted by molar-refractivity contribution is 5.79. The third-order valence-electron chi connectivity index (χ3n) is 5.18. The highest BCUT2D eigenvalue weighted by atomic mass is 19.1. The number of aliphatic hydroxyl groups excluding tert-OH is 1. The fourth-order valence-corrected chi connectivity index (χ4v) is 3.70. The predicted molar refractivity (Wildman–Crippen MR) is 113 cm³/mol. The van der Waals surface area contributed by atoms with Gasteiger partial charge in [0.05, 0.1) is 12.3 Å². The smallest absolute Gasteiger partial charge is 0.170 e. The standard InChI is InChI=1S/C21H23FN2O3.C2H6O/c22-16-6-7-17-20(14-16)27-23-21(17)15-8-11-24(12-9-15)10-3-13-26-19-5-2-1-4-18(19)25;1-2-3/h1-2,4-7,14-15,25H,3,8-13H2;3H,2H2,1H3. The van der Waals surface area contributed by atoms with Crippen molar-refractivity contribution in [2.24, 2.45) is 0 Å². The molecule has 3 aromatic rings. The molecular formula is C23H29FN2O4. The van der Waals surface area contributed by atoms with Crippen LogP contribution in [0.15, 0.2) is 47.0 Å². The van der Waals surface area contributed by atoms with Crippen LogP contribution in [-0.4, -0.2) is 53.1 Å². The fourth-order valence-electron chi connectivity index (χ4n) is 3.70. The van der Waals surface area contributed by atoms with Crippen LogP contribution in [0.3, 0.4) is 0 Å². The number of phenolic OH excluding ortho intramolecular Hbond substituents is 1. The number of aromatic nitrogens is 1. The van der Waals surface area contributed by atoms with Crippen LogP contribution in [0, 0.1) is 5.82 Å². The van der Waals surface area contributed by atoms with Crippen molar-refractivity contribution in [3.8, 4) is 11.5 Å². The molecule has 7 heteroatoms. The van der Waals surface area contributed by atoms with Crippen molar-refractivity contribution in [3.63, 3.8) is 0 Å². The summed E-state index contributed by atoms with van der Waals surface area (Å²) in [5.41, 5.74) is 1.47. The van der Waals surface area contributed by atoms with Crippen molar-refractivity contribution in [2.75, 3.05) is 32.8 Å². The van der Waals surface area contributed by atoms with Gasteiger partial charge in [-0.3, -0.25) is 0 Å². The first kappa shape index (κ1) is 22.1. The Morgan fingerprint density at radius 2 is 1.93 bits per heavy atom. The number of fused-ring (bicyclic) bond motifs is 1. The maximum absolute atomic E-state index is 13.3. The Hall–Kier alpha value is -2.64. The zero-order chi connectivity index (χ0) is 21.3. The maximum Gasteiger partial charge on any atom is 0.170 e. The number of halogens is 1. The summed E-state index contributed by atoms with van der Waals surface area (Å²) in [5, 5.41) is 22.4. The van der Waals surface area contributed by atoms with Gasteiger partial charge in [0, 0.05) is 30.5 Å². The van der Waals surface area contributed by atoms with E-state index in [0.29, 0.717) is 23.9 Å². The molecule has 1 aromatic heterocycles. The van der Waals surface area contributed by atoms with Gasteiger partial charge in [-0.15, -0.1) is 0 Å². The molecule has 0 amide bonds. The SMILES string of the molecule is CCO.Oc1ccccc1OCCCN1CCC(c2noc3cc(F)ccc23)CC1. The Labute approximate surface area is 175 Å². The van der Waals surface area contributed by atoms with Crippen LogP contribution in [0.2, 0.25) is 0 Å². The van der Waals surface area contributed by atoms with E-state index in [-0.39, 0.29) is 18.2 Å². The van der Waals surface area contributed by atoms with Crippen LogP contribution in [-0.2, 0) is 0 Å². The molecule has 2 N–H and O–H groups in total. The molecule has 0 radical (unpaired) electrons. The van der Waals surface area contributed by atoms with Gasteiger partial charge in [-0.25, -0.2) is 4.39 Å². The summed E-state index contributed by atoms with van der Waals surface area (Å²) in [5.74, 6) is 0.764. The number of hydrogen-bond acceptors (Lipinski definition) is 6. The van der Waals surface area contributed by atoms with Crippen molar-refractivity contribution in [1.29, 1.82) is 0 Å². The molecular weight excluding hydrogens is 387 g/mol. The zero-order valence-electron chi connectivity index (χ0n) is 17.3. The number of aliphatic hydroxyl groups is 1. The van der Waals surface area contributed by atoms with Crippen LogP contribution in [0.25, 0.3) is 11.0 Å². The number of likely N-dealkylation sites (tertiary alicyclic amines) is 1. The molecule has 0 aliphatic carbocycles. The molecule has 0 saturated carbocycles. The fraction of sp³-hybridized carbons (Fsp3) is 0.435. The molecule has 1 fully saturated rings. The highest BCUT2D eigenvalue weighted by Gasteiger charge is 2.24. The monoisotopic (exact) mass is 416 g/mol. The van der Waals surface area contributed by atoms with Gasteiger partial charge >= 0.3 is 0 Å². The molecule has 1 aliphatic rings. The van der Waals surface area contributed by atoms with E-state index in [9.17, 15) is 9.50 Å². The van der Waals surface area contributed by atoms with Gasteiger partial charge < -0.3 is 24.4 Å². The lowest BCUT2D eigenvalue weighted by atomic mass is 9.91. The van der Waals surface area contributed by atoms with Gasteiger partial charge in [-0.1, -0.05) is 17.3 Å². The summed E-state index contributed by atoms with van der Waals surface area (Å²) in [6.45, 7) is 5.47. The molecule has 0 atom stereocenters. The van der Waals surface area contributed by atoms with Crippen LogP contribution < -0.4 is 4.74 Å². The Balaban J connectivity index is 0.000000806. The van der Waals surface area contributed by atoms with Gasteiger partial charge in [0.1, 0.15) is 5.82 Å². The van der Waals surface area contributed by atoms with Crippen molar-refractivity contribution in [2.45, 2.75) is 32.1 Å². The first-order chi connectivity index (χ1) is 14.6. The normalized spacial score (nSPS) is 15.0. The molecule has 6 nitrogen and oxygen atoms in total. The van der Waals surface area contributed by atoms with E-state index in [1.807, 2.05) is 6.07 Å². The van der Waals surface area contributed by atoms with Crippen molar-refractivity contribution >= 4 is 11.0 Å². The van der Waals surface area contributed by atoms with Crippen LogP contribution in [0.5, 0.6) is 11.5 Å². The summed E-state index contributed by atoms with van der Waals surface area (Å²) in [6, 6.07) is 11.6. The van der Waals surface area contributed by atoms with Crippen LogP contribution >= 0.6 is 0 Å². The van der Waals surface area contributed by atoms with Gasteiger partial charge in [0.25, 0.3) is 0 Å². The predicted octanol–water partition coefficient (Wildman–Crippen LogP) is 4.32. The topological polar surface area (TPSA) is 79.0 Å². The first-order valence-electron chi connectivity index (χ1n) is 10.4. The number of phenols is 1. The molecule has 0 unspecified atom stereocenters. The third-order valence-corrected chi connectivity index (χ3v) is 5.18. The van der Waals surface area contributed by atoms with Crippen LogP contribution in [0.4, 0.5) is 4.39 Å². The highest BCUT2D eigenvalue weighted by Crippen LogP contribution is 2.32.